The lowest BCUT2D eigenvalue weighted by molar-refractivity contribution is -0.137. The first kappa shape index (κ1) is 20.4. The fraction of sp³-hybridized carbons (Fsp3) is 0.476. The lowest BCUT2D eigenvalue weighted by atomic mass is 9.96. The van der Waals surface area contributed by atoms with E-state index in [1.165, 1.54) is 26.9 Å². The number of carbonyl (C=O) groups is 1. The van der Waals surface area contributed by atoms with Crippen LogP contribution in [-0.4, -0.2) is 62.8 Å². The molecule has 1 aromatic heterocycles. The average Bonchev–Trinajstić information content (AvgIpc) is 3.30. The van der Waals surface area contributed by atoms with Crippen LogP contribution in [0, 0.1) is 12.8 Å². The quantitative estimate of drug-likeness (QED) is 0.744. The molecule has 0 radical (unpaired) electrons. The van der Waals surface area contributed by atoms with Crippen LogP contribution in [0.3, 0.4) is 0 Å². The molecule has 0 N–H and O–H groups in total. The summed E-state index contributed by atoms with van der Waals surface area (Å²) in [7, 11) is -3.41. The summed E-state index contributed by atoms with van der Waals surface area (Å²) >= 11 is 1.24. The number of nitrogens with zero attached hydrogens (tertiary/aromatic N) is 3. The Morgan fingerprint density at radius 2 is 1.62 bits per heavy atom. The zero-order valence-electron chi connectivity index (χ0n) is 16.7. The maximum absolute atomic E-state index is 13.0. The number of piperidine rings is 1. The highest BCUT2D eigenvalue weighted by Crippen LogP contribution is 2.27. The first-order valence-electron chi connectivity index (χ1n) is 10.1. The lowest BCUT2D eigenvalue weighted by Crippen LogP contribution is -2.52. The number of anilines is 1. The van der Waals surface area contributed by atoms with E-state index in [4.69, 9.17) is 0 Å². The molecular weight excluding hydrogens is 406 g/mol. The number of hydrogen-bond donors (Lipinski definition) is 0. The van der Waals surface area contributed by atoms with E-state index < -0.39 is 10.0 Å². The van der Waals surface area contributed by atoms with E-state index in [1.54, 1.807) is 17.5 Å². The Bertz CT molecular complexity index is 926. The van der Waals surface area contributed by atoms with Crippen molar-refractivity contribution < 1.29 is 13.2 Å². The summed E-state index contributed by atoms with van der Waals surface area (Å²) in [6.07, 6.45) is 1.20. The molecule has 0 spiro atoms. The van der Waals surface area contributed by atoms with Crippen molar-refractivity contribution in [3.05, 3.63) is 47.3 Å². The van der Waals surface area contributed by atoms with Gasteiger partial charge in [-0.25, -0.2) is 8.42 Å². The molecule has 2 aromatic rings. The summed E-state index contributed by atoms with van der Waals surface area (Å²) in [5, 5.41) is 1.78. The van der Waals surface area contributed by atoms with Gasteiger partial charge < -0.3 is 9.80 Å². The Kier molecular flexibility index (Phi) is 5.94. The molecule has 0 unspecified atom stereocenters. The molecule has 2 aliphatic rings. The van der Waals surface area contributed by atoms with Gasteiger partial charge in [0.25, 0.3) is 10.0 Å². The molecule has 29 heavy (non-hydrogen) atoms. The summed E-state index contributed by atoms with van der Waals surface area (Å²) in [5.74, 6) is 0.109. The minimum absolute atomic E-state index is 0.0734. The minimum atomic E-state index is -3.41. The van der Waals surface area contributed by atoms with Crippen LogP contribution >= 0.6 is 11.3 Å². The number of amides is 1. The van der Waals surface area contributed by atoms with Crippen LogP contribution in [0.2, 0.25) is 0 Å². The number of piperazine rings is 1. The number of benzene rings is 1. The number of sulfonamides is 1. The highest BCUT2D eigenvalue weighted by Gasteiger charge is 2.35. The molecular formula is C21H27N3O3S2. The lowest BCUT2D eigenvalue weighted by Gasteiger charge is -2.39. The molecule has 0 atom stereocenters. The number of aryl methyl sites for hydroxylation is 1. The summed E-state index contributed by atoms with van der Waals surface area (Å²) in [5.41, 5.74) is 2.45. The van der Waals surface area contributed by atoms with Crippen molar-refractivity contribution in [1.82, 2.24) is 9.21 Å². The topological polar surface area (TPSA) is 60.9 Å². The third-order valence-corrected chi connectivity index (χ3v) is 9.15. The maximum atomic E-state index is 13.0. The largest absolute Gasteiger partial charge is 0.368 e. The Labute approximate surface area is 176 Å². The van der Waals surface area contributed by atoms with Gasteiger partial charge in [-0.3, -0.25) is 4.79 Å². The zero-order chi connectivity index (χ0) is 20.4. The van der Waals surface area contributed by atoms with Crippen molar-refractivity contribution in [3.63, 3.8) is 0 Å². The first-order chi connectivity index (χ1) is 13.9. The van der Waals surface area contributed by atoms with Crippen LogP contribution < -0.4 is 4.90 Å². The molecule has 0 bridgehead atoms. The van der Waals surface area contributed by atoms with Crippen molar-refractivity contribution in [2.75, 3.05) is 44.2 Å². The van der Waals surface area contributed by atoms with Crippen LogP contribution in [0.1, 0.15) is 18.4 Å². The smallest absolute Gasteiger partial charge is 0.252 e. The second-order valence-corrected chi connectivity index (χ2v) is 10.9. The van der Waals surface area contributed by atoms with Crippen LogP contribution in [0.15, 0.2) is 46.0 Å². The number of rotatable bonds is 4. The molecule has 156 valence electrons. The average molecular weight is 434 g/mol. The van der Waals surface area contributed by atoms with Gasteiger partial charge in [0.2, 0.25) is 5.91 Å². The van der Waals surface area contributed by atoms with E-state index >= 15 is 0 Å². The van der Waals surface area contributed by atoms with E-state index in [2.05, 4.69) is 36.1 Å². The number of thiophene rings is 1. The molecule has 4 rings (SSSR count). The molecule has 1 amide bonds. The third-order valence-electron chi connectivity index (χ3n) is 5.88. The van der Waals surface area contributed by atoms with E-state index in [0.717, 1.165) is 26.2 Å². The van der Waals surface area contributed by atoms with Gasteiger partial charge in [-0.1, -0.05) is 23.8 Å². The van der Waals surface area contributed by atoms with Crippen molar-refractivity contribution in [3.8, 4) is 0 Å². The normalized spacial score (nSPS) is 19.5. The Morgan fingerprint density at radius 1 is 0.966 bits per heavy atom. The third kappa shape index (κ3) is 4.34. The second-order valence-electron chi connectivity index (χ2n) is 7.76. The Morgan fingerprint density at radius 3 is 2.21 bits per heavy atom. The Hall–Kier alpha value is -1.90. The molecule has 0 saturated carbocycles. The standard InChI is InChI=1S/C21H27N3O3S2/c1-17-4-6-19(7-5-17)22-12-14-23(15-13-22)21(25)18-8-10-24(11-9-18)29(26,27)20-3-2-16-28-20/h2-7,16,18H,8-15H2,1H3. The van der Waals surface area contributed by atoms with E-state index in [1.807, 2.05) is 4.90 Å². The van der Waals surface area contributed by atoms with E-state index in [0.29, 0.717) is 30.1 Å². The zero-order valence-corrected chi connectivity index (χ0v) is 18.3. The maximum Gasteiger partial charge on any atom is 0.252 e. The summed E-state index contributed by atoms with van der Waals surface area (Å²) in [6.45, 7) is 6.03. The van der Waals surface area contributed by atoms with Crippen molar-refractivity contribution in [2.45, 2.75) is 24.0 Å². The van der Waals surface area contributed by atoms with E-state index in [-0.39, 0.29) is 11.8 Å². The second kappa shape index (κ2) is 8.45. The molecule has 2 aliphatic heterocycles. The van der Waals surface area contributed by atoms with Crippen molar-refractivity contribution >= 4 is 33.0 Å². The highest BCUT2D eigenvalue weighted by molar-refractivity contribution is 7.91. The predicted octanol–water partition coefficient (Wildman–Crippen LogP) is 2.81. The SMILES string of the molecule is Cc1ccc(N2CCN(C(=O)C3CCN(S(=O)(=O)c4cccs4)CC3)CC2)cc1. The fourth-order valence-electron chi connectivity index (χ4n) is 4.08. The van der Waals surface area contributed by atoms with Crippen LogP contribution in [-0.2, 0) is 14.8 Å². The molecule has 3 heterocycles. The predicted molar refractivity (Wildman–Crippen MR) is 116 cm³/mol. The van der Waals surface area contributed by atoms with Gasteiger partial charge in [-0.05, 0) is 43.3 Å². The van der Waals surface area contributed by atoms with E-state index in [9.17, 15) is 13.2 Å². The van der Waals surface area contributed by atoms with Crippen LogP contribution in [0.25, 0.3) is 0 Å². The molecule has 2 saturated heterocycles. The molecule has 1 aromatic carbocycles. The number of carbonyl (C=O) groups excluding carboxylic acids is 1. The van der Waals surface area contributed by atoms with Gasteiger partial charge in [0.05, 0.1) is 0 Å². The molecule has 0 aliphatic carbocycles. The van der Waals surface area contributed by atoms with Gasteiger partial charge in [0.1, 0.15) is 4.21 Å². The van der Waals surface area contributed by atoms with Gasteiger partial charge in [0, 0.05) is 50.9 Å². The number of hydrogen-bond acceptors (Lipinski definition) is 5. The van der Waals surface area contributed by atoms with Gasteiger partial charge in [0.15, 0.2) is 0 Å². The fourth-order valence-corrected chi connectivity index (χ4v) is 6.69. The van der Waals surface area contributed by atoms with Gasteiger partial charge in [-0.15, -0.1) is 11.3 Å². The van der Waals surface area contributed by atoms with Crippen molar-refractivity contribution in [1.29, 1.82) is 0 Å². The van der Waals surface area contributed by atoms with Crippen LogP contribution in [0.5, 0.6) is 0 Å². The van der Waals surface area contributed by atoms with Gasteiger partial charge in [-0.2, -0.15) is 4.31 Å². The summed E-state index contributed by atoms with van der Waals surface area (Å²) < 4.78 is 27.2. The monoisotopic (exact) mass is 433 g/mol. The molecule has 6 nitrogen and oxygen atoms in total. The summed E-state index contributed by atoms with van der Waals surface area (Å²) in [6, 6.07) is 11.9. The highest BCUT2D eigenvalue weighted by atomic mass is 32.2. The minimum Gasteiger partial charge on any atom is -0.368 e. The first-order valence-corrected chi connectivity index (χ1v) is 12.4. The summed E-state index contributed by atoms with van der Waals surface area (Å²) in [4.78, 5) is 17.2. The molecule has 2 fully saturated rings. The van der Waals surface area contributed by atoms with Gasteiger partial charge >= 0.3 is 0 Å². The van der Waals surface area contributed by atoms with Crippen molar-refractivity contribution in [2.24, 2.45) is 5.92 Å². The van der Waals surface area contributed by atoms with Crippen LogP contribution in [0.4, 0.5) is 5.69 Å². The molecule has 8 heteroatoms. The Balaban J connectivity index is 1.30.